The zero-order valence-corrected chi connectivity index (χ0v) is 13.0. The predicted octanol–water partition coefficient (Wildman–Crippen LogP) is 4.34. The summed E-state index contributed by atoms with van der Waals surface area (Å²) in [6.07, 6.45) is 0. The minimum atomic E-state index is 0.881. The number of hydrogen-bond donors (Lipinski definition) is 1. The average molecular weight is 402 g/mol. The van der Waals surface area contributed by atoms with Crippen molar-refractivity contribution >= 4 is 38.5 Å². The standard InChI is InChI=1S/C14H13BrIN/c15-14-7-6-13(16)8-12(14)10-17-9-11-4-2-1-3-5-11/h1-8,17H,9-10H2. The molecule has 2 aromatic rings. The van der Waals surface area contributed by atoms with Gasteiger partial charge in [0.1, 0.15) is 0 Å². The summed E-state index contributed by atoms with van der Waals surface area (Å²) in [5, 5.41) is 3.45. The van der Waals surface area contributed by atoms with Crippen LogP contribution in [0.1, 0.15) is 11.1 Å². The van der Waals surface area contributed by atoms with Crippen LogP contribution in [0, 0.1) is 3.57 Å². The van der Waals surface area contributed by atoms with Crippen LogP contribution in [-0.2, 0) is 13.1 Å². The van der Waals surface area contributed by atoms with E-state index in [0.29, 0.717) is 0 Å². The molecule has 1 N–H and O–H groups in total. The van der Waals surface area contributed by atoms with Gasteiger partial charge in [-0.15, -0.1) is 0 Å². The number of benzene rings is 2. The Morgan fingerprint density at radius 2 is 1.76 bits per heavy atom. The van der Waals surface area contributed by atoms with Crippen LogP contribution in [0.5, 0.6) is 0 Å². The molecular formula is C14H13BrIN. The minimum Gasteiger partial charge on any atom is -0.309 e. The molecule has 17 heavy (non-hydrogen) atoms. The molecule has 0 bridgehead atoms. The van der Waals surface area contributed by atoms with Crippen molar-refractivity contribution in [1.29, 1.82) is 0 Å². The number of nitrogens with one attached hydrogen (secondary N) is 1. The molecule has 0 fully saturated rings. The molecule has 1 nitrogen and oxygen atoms in total. The first-order valence-corrected chi connectivity index (χ1v) is 7.31. The molecule has 88 valence electrons. The summed E-state index contributed by atoms with van der Waals surface area (Å²) in [6.45, 7) is 1.78. The van der Waals surface area contributed by atoms with E-state index in [0.717, 1.165) is 13.1 Å². The lowest BCUT2D eigenvalue weighted by atomic mass is 10.2. The topological polar surface area (TPSA) is 12.0 Å². The van der Waals surface area contributed by atoms with Crippen LogP contribution in [0.2, 0.25) is 0 Å². The van der Waals surface area contributed by atoms with Crippen LogP contribution in [0.15, 0.2) is 53.0 Å². The van der Waals surface area contributed by atoms with Gasteiger partial charge in [0.05, 0.1) is 0 Å². The van der Waals surface area contributed by atoms with Gasteiger partial charge in [0, 0.05) is 21.1 Å². The lowest BCUT2D eigenvalue weighted by molar-refractivity contribution is 0.691. The highest BCUT2D eigenvalue weighted by atomic mass is 127. The maximum atomic E-state index is 3.57. The SMILES string of the molecule is Brc1ccc(I)cc1CNCc1ccccc1. The fraction of sp³-hybridized carbons (Fsp3) is 0.143. The third-order valence-electron chi connectivity index (χ3n) is 2.50. The molecule has 0 amide bonds. The van der Waals surface area contributed by atoms with Crippen molar-refractivity contribution in [2.75, 3.05) is 0 Å². The summed E-state index contributed by atoms with van der Waals surface area (Å²) < 4.78 is 2.43. The molecule has 0 aliphatic heterocycles. The second-order valence-electron chi connectivity index (χ2n) is 3.82. The summed E-state index contributed by atoms with van der Waals surface area (Å²) in [5.74, 6) is 0. The number of rotatable bonds is 4. The lowest BCUT2D eigenvalue weighted by Crippen LogP contribution is -2.13. The van der Waals surface area contributed by atoms with Crippen molar-refractivity contribution in [3.8, 4) is 0 Å². The molecule has 0 aliphatic carbocycles. The first-order valence-electron chi connectivity index (χ1n) is 5.44. The van der Waals surface area contributed by atoms with Gasteiger partial charge >= 0.3 is 0 Å². The molecule has 0 atom stereocenters. The summed E-state index contributed by atoms with van der Waals surface area (Å²) in [5.41, 5.74) is 2.61. The van der Waals surface area contributed by atoms with E-state index in [9.17, 15) is 0 Å². The zero-order valence-electron chi connectivity index (χ0n) is 9.29. The van der Waals surface area contributed by atoms with Crippen molar-refractivity contribution in [3.05, 3.63) is 67.7 Å². The predicted molar refractivity (Wildman–Crippen MR) is 83.8 cm³/mol. The van der Waals surface area contributed by atoms with Crippen molar-refractivity contribution in [2.24, 2.45) is 0 Å². The molecule has 0 unspecified atom stereocenters. The Morgan fingerprint density at radius 3 is 2.53 bits per heavy atom. The van der Waals surface area contributed by atoms with Crippen molar-refractivity contribution < 1.29 is 0 Å². The van der Waals surface area contributed by atoms with Crippen molar-refractivity contribution in [1.82, 2.24) is 5.32 Å². The van der Waals surface area contributed by atoms with E-state index in [2.05, 4.69) is 86.3 Å². The highest BCUT2D eigenvalue weighted by Crippen LogP contribution is 2.19. The highest BCUT2D eigenvalue weighted by molar-refractivity contribution is 14.1. The number of halogens is 2. The van der Waals surface area contributed by atoms with E-state index in [4.69, 9.17) is 0 Å². The Balaban J connectivity index is 1.92. The van der Waals surface area contributed by atoms with E-state index < -0.39 is 0 Å². The van der Waals surface area contributed by atoms with Gasteiger partial charge in [-0.05, 0) is 51.9 Å². The third-order valence-corrected chi connectivity index (χ3v) is 3.94. The molecule has 2 rings (SSSR count). The van der Waals surface area contributed by atoms with Gasteiger partial charge in [-0.2, -0.15) is 0 Å². The summed E-state index contributed by atoms with van der Waals surface area (Å²) in [6, 6.07) is 16.8. The van der Waals surface area contributed by atoms with E-state index in [1.165, 1.54) is 19.2 Å². The minimum absolute atomic E-state index is 0.881. The molecule has 0 radical (unpaired) electrons. The molecule has 0 aliphatic rings. The third kappa shape index (κ3) is 4.08. The Morgan fingerprint density at radius 1 is 1.00 bits per heavy atom. The van der Waals surface area contributed by atoms with Crippen LogP contribution in [0.3, 0.4) is 0 Å². The fourth-order valence-corrected chi connectivity index (χ4v) is 2.56. The summed E-state index contributed by atoms with van der Waals surface area (Å²) in [4.78, 5) is 0. The van der Waals surface area contributed by atoms with Gasteiger partial charge in [-0.3, -0.25) is 0 Å². The molecular weight excluding hydrogens is 389 g/mol. The van der Waals surface area contributed by atoms with Crippen LogP contribution < -0.4 is 5.32 Å². The molecule has 0 saturated carbocycles. The van der Waals surface area contributed by atoms with E-state index in [-0.39, 0.29) is 0 Å². The Bertz CT molecular complexity index is 485. The van der Waals surface area contributed by atoms with Gasteiger partial charge in [0.2, 0.25) is 0 Å². The largest absolute Gasteiger partial charge is 0.309 e. The smallest absolute Gasteiger partial charge is 0.0220 e. The van der Waals surface area contributed by atoms with E-state index in [1.807, 2.05) is 6.07 Å². The maximum Gasteiger partial charge on any atom is 0.0220 e. The Hall–Kier alpha value is -0.390. The fourth-order valence-electron chi connectivity index (χ4n) is 1.62. The Labute approximate surface area is 124 Å². The Kier molecular flexibility index (Phi) is 5.00. The summed E-state index contributed by atoms with van der Waals surface area (Å²) >= 11 is 5.91. The van der Waals surface area contributed by atoms with Gasteiger partial charge in [-0.1, -0.05) is 46.3 Å². The van der Waals surface area contributed by atoms with Gasteiger partial charge < -0.3 is 5.32 Å². The zero-order chi connectivity index (χ0) is 12.1. The number of hydrogen-bond acceptors (Lipinski definition) is 1. The van der Waals surface area contributed by atoms with Crippen molar-refractivity contribution in [2.45, 2.75) is 13.1 Å². The first-order chi connectivity index (χ1) is 8.25. The molecule has 3 heteroatoms. The van der Waals surface area contributed by atoms with Crippen molar-refractivity contribution in [3.63, 3.8) is 0 Å². The maximum absolute atomic E-state index is 3.57. The highest BCUT2D eigenvalue weighted by Gasteiger charge is 2.00. The molecule has 0 aromatic heterocycles. The normalized spacial score (nSPS) is 10.5. The lowest BCUT2D eigenvalue weighted by Gasteiger charge is -2.07. The monoisotopic (exact) mass is 401 g/mol. The van der Waals surface area contributed by atoms with Gasteiger partial charge in [-0.25, -0.2) is 0 Å². The van der Waals surface area contributed by atoms with E-state index in [1.54, 1.807) is 0 Å². The van der Waals surface area contributed by atoms with Crippen LogP contribution in [0.4, 0.5) is 0 Å². The van der Waals surface area contributed by atoms with Crippen LogP contribution in [0.25, 0.3) is 0 Å². The van der Waals surface area contributed by atoms with Gasteiger partial charge in [0.15, 0.2) is 0 Å². The molecule has 2 aromatic carbocycles. The molecule has 0 saturated heterocycles. The first kappa shape index (κ1) is 13.1. The average Bonchev–Trinajstić information content (AvgIpc) is 2.35. The second-order valence-corrected chi connectivity index (χ2v) is 5.92. The van der Waals surface area contributed by atoms with Crippen LogP contribution >= 0.6 is 38.5 Å². The second kappa shape index (κ2) is 6.52. The van der Waals surface area contributed by atoms with Gasteiger partial charge in [0.25, 0.3) is 0 Å². The van der Waals surface area contributed by atoms with E-state index >= 15 is 0 Å². The molecule has 0 spiro atoms. The quantitative estimate of drug-likeness (QED) is 0.751. The van der Waals surface area contributed by atoms with Crippen LogP contribution in [-0.4, -0.2) is 0 Å². The molecule has 0 heterocycles. The summed E-state index contributed by atoms with van der Waals surface area (Å²) in [7, 11) is 0.